The van der Waals surface area contributed by atoms with Gasteiger partial charge in [-0.15, -0.1) is 0 Å². The summed E-state index contributed by atoms with van der Waals surface area (Å²) >= 11 is 0. The number of nitrogens with zero attached hydrogens (tertiary/aromatic N) is 1. The topological polar surface area (TPSA) is 64.4 Å². The van der Waals surface area contributed by atoms with Gasteiger partial charge in [0.25, 0.3) is 0 Å². The molecular formula is C23H22N2O3. The van der Waals surface area contributed by atoms with Gasteiger partial charge in [-0.05, 0) is 62.7 Å². The molecule has 2 aromatic carbocycles. The molecule has 1 unspecified atom stereocenters. The summed E-state index contributed by atoms with van der Waals surface area (Å²) in [5.74, 6) is 7.73. The Morgan fingerprint density at radius 1 is 1.11 bits per heavy atom. The summed E-state index contributed by atoms with van der Waals surface area (Å²) in [6.45, 7) is 6.23. The SMILES string of the molecule is CCOc1ccc(C#Cc2ccc(C(C)C(=O)Nc3cc(C)on3)cc2)cc1. The fourth-order valence-electron chi connectivity index (χ4n) is 2.61. The van der Waals surface area contributed by atoms with E-state index in [4.69, 9.17) is 9.26 Å². The molecule has 0 aliphatic carbocycles. The van der Waals surface area contributed by atoms with E-state index < -0.39 is 0 Å². The molecule has 28 heavy (non-hydrogen) atoms. The van der Waals surface area contributed by atoms with Crippen LogP contribution in [0.5, 0.6) is 5.75 Å². The molecule has 0 saturated carbocycles. The second-order valence-electron chi connectivity index (χ2n) is 6.36. The van der Waals surface area contributed by atoms with Crippen LogP contribution < -0.4 is 10.1 Å². The van der Waals surface area contributed by atoms with Gasteiger partial charge >= 0.3 is 0 Å². The number of rotatable bonds is 5. The number of benzene rings is 2. The van der Waals surface area contributed by atoms with Crippen molar-refractivity contribution < 1.29 is 14.1 Å². The van der Waals surface area contributed by atoms with Crippen LogP contribution in [0.15, 0.2) is 59.1 Å². The number of hydrogen-bond donors (Lipinski definition) is 1. The van der Waals surface area contributed by atoms with Crippen LogP contribution in [-0.2, 0) is 4.79 Å². The predicted octanol–water partition coefficient (Wildman–Crippen LogP) is 4.52. The Labute approximate surface area is 164 Å². The first-order valence-electron chi connectivity index (χ1n) is 9.14. The monoisotopic (exact) mass is 374 g/mol. The first kappa shape index (κ1) is 19.2. The summed E-state index contributed by atoms with van der Waals surface area (Å²) in [6, 6.07) is 17.0. The Kier molecular flexibility index (Phi) is 6.13. The van der Waals surface area contributed by atoms with Crippen molar-refractivity contribution in [2.75, 3.05) is 11.9 Å². The van der Waals surface area contributed by atoms with Crippen LogP contribution in [0.2, 0.25) is 0 Å². The summed E-state index contributed by atoms with van der Waals surface area (Å²) in [4.78, 5) is 12.4. The third-order valence-electron chi connectivity index (χ3n) is 4.20. The average Bonchev–Trinajstić information content (AvgIpc) is 3.12. The Hall–Kier alpha value is -3.52. The van der Waals surface area contributed by atoms with E-state index in [0.717, 1.165) is 22.4 Å². The van der Waals surface area contributed by atoms with Crippen LogP contribution in [0.3, 0.4) is 0 Å². The van der Waals surface area contributed by atoms with Gasteiger partial charge in [-0.25, -0.2) is 0 Å². The Bertz CT molecular complexity index is 993. The predicted molar refractivity (Wildman–Crippen MR) is 108 cm³/mol. The quantitative estimate of drug-likeness (QED) is 0.667. The van der Waals surface area contributed by atoms with Gasteiger partial charge in [0.05, 0.1) is 12.5 Å². The summed E-state index contributed by atoms with van der Waals surface area (Å²) in [5.41, 5.74) is 2.71. The van der Waals surface area contributed by atoms with Gasteiger partial charge in [0.15, 0.2) is 5.82 Å². The maximum absolute atomic E-state index is 12.4. The number of anilines is 1. The molecule has 0 aliphatic rings. The van der Waals surface area contributed by atoms with Gasteiger partial charge in [-0.3, -0.25) is 4.79 Å². The van der Waals surface area contributed by atoms with E-state index in [0.29, 0.717) is 18.2 Å². The van der Waals surface area contributed by atoms with Gasteiger partial charge < -0.3 is 14.6 Å². The highest BCUT2D eigenvalue weighted by Crippen LogP contribution is 2.19. The third kappa shape index (κ3) is 5.01. The highest BCUT2D eigenvalue weighted by atomic mass is 16.5. The number of hydrogen-bond acceptors (Lipinski definition) is 4. The number of nitrogens with one attached hydrogen (secondary N) is 1. The molecule has 3 aromatic rings. The zero-order valence-electron chi connectivity index (χ0n) is 16.2. The van der Waals surface area contributed by atoms with Crippen LogP contribution in [0.25, 0.3) is 0 Å². The molecule has 142 valence electrons. The molecule has 0 fully saturated rings. The minimum atomic E-state index is -0.315. The Balaban J connectivity index is 1.63. The molecule has 0 radical (unpaired) electrons. The summed E-state index contributed by atoms with van der Waals surface area (Å²) in [5, 5.41) is 6.54. The zero-order chi connectivity index (χ0) is 19.9. The number of ether oxygens (including phenoxy) is 1. The molecule has 3 rings (SSSR count). The molecule has 0 bridgehead atoms. The molecule has 1 N–H and O–H groups in total. The molecular weight excluding hydrogens is 352 g/mol. The highest BCUT2D eigenvalue weighted by molar-refractivity contribution is 5.94. The van der Waals surface area contributed by atoms with E-state index in [-0.39, 0.29) is 11.8 Å². The van der Waals surface area contributed by atoms with Crippen molar-refractivity contribution in [2.24, 2.45) is 0 Å². The van der Waals surface area contributed by atoms with Gasteiger partial charge in [0.1, 0.15) is 11.5 Å². The molecule has 0 aliphatic heterocycles. The normalized spacial score (nSPS) is 11.2. The van der Waals surface area contributed by atoms with Crippen molar-refractivity contribution in [2.45, 2.75) is 26.7 Å². The van der Waals surface area contributed by atoms with E-state index in [1.807, 2.05) is 62.4 Å². The maximum atomic E-state index is 12.4. The van der Waals surface area contributed by atoms with Gasteiger partial charge in [0.2, 0.25) is 5.91 Å². The molecule has 5 nitrogen and oxygen atoms in total. The first-order chi connectivity index (χ1) is 13.5. The van der Waals surface area contributed by atoms with Crippen molar-refractivity contribution in [1.29, 1.82) is 0 Å². The van der Waals surface area contributed by atoms with E-state index in [1.165, 1.54) is 0 Å². The molecule has 0 spiro atoms. The smallest absolute Gasteiger partial charge is 0.232 e. The van der Waals surface area contributed by atoms with Crippen LogP contribution in [0, 0.1) is 18.8 Å². The number of carbonyl (C=O) groups excluding carboxylic acids is 1. The Morgan fingerprint density at radius 2 is 1.71 bits per heavy atom. The number of aryl methyl sites for hydroxylation is 1. The number of carbonyl (C=O) groups is 1. The molecule has 1 atom stereocenters. The molecule has 5 heteroatoms. The summed E-state index contributed by atoms with van der Waals surface area (Å²) < 4.78 is 10.4. The number of amides is 1. The van der Waals surface area contributed by atoms with E-state index in [9.17, 15) is 4.79 Å². The van der Waals surface area contributed by atoms with Crippen molar-refractivity contribution in [3.8, 4) is 17.6 Å². The van der Waals surface area contributed by atoms with E-state index in [1.54, 1.807) is 13.0 Å². The van der Waals surface area contributed by atoms with Crippen molar-refractivity contribution >= 4 is 11.7 Å². The third-order valence-corrected chi connectivity index (χ3v) is 4.20. The lowest BCUT2D eigenvalue weighted by atomic mass is 9.99. The van der Waals surface area contributed by atoms with Crippen molar-refractivity contribution in [3.05, 3.63) is 77.0 Å². The zero-order valence-corrected chi connectivity index (χ0v) is 16.2. The van der Waals surface area contributed by atoms with Crippen LogP contribution >= 0.6 is 0 Å². The molecule has 1 amide bonds. The van der Waals surface area contributed by atoms with Gasteiger partial charge in [-0.2, -0.15) is 0 Å². The van der Waals surface area contributed by atoms with Gasteiger partial charge in [-0.1, -0.05) is 29.1 Å². The Morgan fingerprint density at radius 3 is 2.25 bits per heavy atom. The van der Waals surface area contributed by atoms with E-state index >= 15 is 0 Å². The minimum absolute atomic E-state index is 0.137. The molecule has 0 saturated heterocycles. The lowest BCUT2D eigenvalue weighted by Gasteiger charge is -2.11. The van der Waals surface area contributed by atoms with Crippen molar-refractivity contribution in [3.63, 3.8) is 0 Å². The second-order valence-corrected chi connectivity index (χ2v) is 6.36. The standard InChI is InChI=1S/C23H22N2O3/c1-4-27-21-13-9-19(10-14-21)6-5-18-7-11-20(12-8-18)17(3)23(26)24-22-15-16(2)28-25-22/h7-15,17H,4H2,1-3H3,(H,24,25,26). The van der Waals surface area contributed by atoms with Crippen LogP contribution in [0.4, 0.5) is 5.82 Å². The average molecular weight is 374 g/mol. The minimum Gasteiger partial charge on any atom is -0.494 e. The second kappa shape index (κ2) is 8.92. The lowest BCUT2D eigenvalue weighted by Crippen LogP contribution is -2.19. The molecule has 1 heterocycles. The largest absolute Gasteiger partial charge is 0.494 e. The maximum Gasteiger partial charge on any atom is 0.232 e. The van der Waals surface area contributed by atoms with Crippen LogP contribution in [0.1, 0.15) is 42.2 Å². The summed E-state index contributed by atoms with van der Waals surface area (Å²) in [6.07, 6.45) is 0. The fraction of sp³-hybridized carbons (Fsp3) is 0.217. The summed E-state index contributed by atoms with van der Waals surface area (Å²) in [7, 11) is 0. The first-order valence-corrected chi connectivity index (χ1v) is 9.14. The highest BCUT2D eigenvalue weighted by Gasteiger charge is 2.16. The number of aromatic nitrogens is 1. The molecule has 1 aromatic heterocycles. The van der Waals surface area contributed by atoms with Crippen LogP contribution in [-0.4, -0.2) is 17.7 Å². The fourth-order valence-corrected chi connectivity index (χ4v) is 2.61. The van der Waals surface area contributed by atoms with Crippen molar-refractivity contribution in [1.82, 2.24) is 5.16 Å². The lowest BCUT2D eigenvalue weighted by molar-refractivity contribution is -0.117. The van der Waals surface area contributed by atoms with E-state index in [2.05, 4.69) is 22.3 Å². The van der Waals surface area contributed by atoms with Gasteiger partial charge in [0, 0.05) is 17.2 Å².